The average molecular weight is 369 g/mol. The molecule has 1 aromatic heterocycles. The van der Waals surface area contributed by atoms with Gasteiger partial charge in [-0.3, -0.25) is 9.78 Å². The predicted octanol–water partition coefficient (Wildman–Crippen LogP) is 4.36. The average Bonchev–Trinajstić information content (AvgIpc) is 3.08. The van der Waals surface area contributed by atoms with Gasteiger partial charge < -0.3 is 9.80 Å². The molecule has 0 N–H and O–H groups in total. The molecule has 0 saturated carbocycles. The summed E-state index contributed by atoms with van der Waals surface area (Å²) in [6, 6.07) is 21.2. The van der Waals surface area contributed by atoms with Crippen LogP contribution in [0, 0.1) is 0 Å². The molecule has 0 radical (unpaired) electrons. The van der Waals surface area contributed by atoms with Crippen molar-refractivity contribution in [2.24, 2.45) is 0 Å². The summed E-state index contributed by atoms with van der Waals surface area (Å²) in [6.45, 7) is 3.62. The first-order valence-corrected chi connectivity index (χ1v) is 9.90. The van der Waals surface area contributed by atoms with Crippen molar-refractivity contribution in [1.29, 1.82) is 0 Å². The molecular weight excluding hydrogens is 346 g/mol. The summed E-state index contributed by atoms with van der Waals surface area (Å²) < 4.78 is 0. The summed E-state index contributed by atoms with van der Waals surface area (Å²) in [5.74, 6) is 0.0106. The van der Waals surface area contributed by atoms with Crippen molar-refractivity contribution in [3.05, 3.63) is 89.2 Å². The fraction of sp³-hybridized carbons (Fsp3) is 0.250. The van der Waals surface area contributed by atoms with E-state index >= 15 is 0 Å². The Morgan fingerprint density at radius 3 is 2.61 bits per heavy atom. The van der Waals surface area contributed by atoms with Gasteiger partial charge in [-0.2, -0.15) is 0 Å². The van der Waals surface area contributed by atoms with Crippen LogP contribution in [-0.4, -0.2) is 28.4 Å². The fourth-order valence-corrected chi connectivity index (χ4v) is 4.48. The van der Waals surface area contributed by atoms with E-state index in [0.29, 0.717) is 18.3 Å². The largest absolute Gasteiger partial charge is 0.338 e. The number of para-hydroxylation sites is 1. The Morgan fingerprint density at radius 1 is 1.00 bits per heavy atom. The van der Waals surface area contributed by atoms with Crippen LogP contribution in [-0.2, 0) is 19.4 Å². The lowest BCUT2D eigenvalue weighted by atomic mass is 10.00. The molecule has 2 aliphatic heterocycles. The van der Waals surface area contributed by atoms with Crippen LogP contribution in [0.3, 0.4) is 0 Å². The van der Waals surface area contributed by atoms with Gasteiger partial charge in [-0.25, -0.2) is 0 Å². The predicted molar refractivity (Wildman–Crippen MR) is 111 cm³/mol. The maximum absolute atomic E-state index is 13.1. The second-order valence-corrected chi connectivity index (χ2v) is 7.70. The zero-order valence-electron chi connectivity index (χ0n) is 16.0. The summed E-state index contributed by atoms with van der Waals surface area (Å²) in [5, 5.41) is 0. The maximum atomic E-state index is 13.1. The van der Waals surface area contributed by atoms with Gasteiger partial charge in [-0.05, 0) is 54.7 Å². The highest BCUT2D eigenvalue weighted by atomic mass is 16.2. The first-order valence-electron chi connectivity index (χ1n) is 9.90. The SMILES string of the molecule is CC1Cc2ccccc2N1c1ccnc(C(=O)N2CCc3ccccc3C2)c1. The lowest BCUT2D eigenvalue weighted by Crippen LogP contribution is -2.36. The molecule has 0 aliphatic carbocycles. The standard InChI is InChI=1S/C24H23N3O/c1-17-14-19-7-4-5-9-23(19)27(17)21-10-12-25-22(15-21)24(28)26-13-11-18-6-2-3-8-20(18)16-26/h2-10,12,15,17H,11,13-14,16H2,1H3. The number of carbonyl (C=O) groups excluding carboxylic acids is 1. The van der Waals surface area contributed by atoms with E-state index in [-0.39, 0.29) is 5.91 Å². The van der Waals surface area contributed by atoms with E-state index in [1.165, 1.54) is 22.4 Å². The molecule has 1 amide bonds. The molecule has 3 heterocycles. The second-order valence-electron chi connectivity index (χ2n) is 7.70. The third-order valence-electron chi connectivity index (χ3n) is 5.87. The molecule has 4 nitrogen and oxygen atoms in total. The van der Waals surface area contributed by atoms with Gasteiger partial charge in [0.1, 0.15) is 5.69 Å². The van der Waals surface area contributed by atoms with Crippen LogP contribution in [0.4, 0.5) is 11.4 Å². The zero-order valence-corrected chi connectivity index (χ0v) is 16.0. The van der Waals surface area contributed by atoms with E-state index in [9.17, 15) is 4.79 Å². The molecule has 140 valence electrons. The first kappa shape index (κ1) is 17.0. The molecule has 0 spiro atoms. The summed E-state index contributed by atoms with van der Waals surface area (Å²) in [4.78, 5) is 21.8. The number of hydrogen-bond acceptors (Lipinski definition) is 3. The summed E-state index contributed by atoms with van der Waals surface area (Å²) in [7, 11) is 0. The Morgan fingerprint density at radius 2 is 1.75 bits per heavy atom. The molecule has 4 heteroatoms. The Hall–Kier alpha value is -3.14. The highest BCUT2D eigenvalue weighted by Crippen LogP contribution is 2.38. The number of aromatic nitrogens is 1. The number of carbonyl (C=O) groups is 1. The van der Waals surface area contributed by atoms with Crippen LogP contribution in [0.25, 0.3) is 0 Å². The third kappa shape index (κ3) is 2.85. The van der Waals surface area contributed by atoms with E-state index in [1.54, 1.807) is 6.20 Å². The number of anilines is 2. The van der Waals surface area contributed by atoms with Gasteiger partial charge in [-0.1, -0.05) is 42.5 Å². The van der Waals surface area contributed by atoms with E-state index in [0.717, 1.165) is 25.1 Å². The molecule has 0 bridgehead atoms. The van der Waals surface area contributed by atoms with E-state index in [1.807, 2.05) is 23.1 Å². The third-order valence-corrected chi connectivity index (χ3v) is 5.87. The summed E-state index contributed by atoms with van der Waals surface area (Å²) >= 11 is 0. The van der Waals surface area contributed by atoms with Gasteiger partial charge in [0.05, 0.1) is 0 Å². The van der Waals surface area contributed by atoms with Crippen molar-refractivity contribution in [2.45, 2.75) is 32.4 Å². The highest BCUT2D eigenvalue weighted by Gasteiger charge is 2.28. The number of amides is 1. The quantitative estimate of drug-likeness (QED) is 0.673. The summed E-state index contributed by atoms with van der Waals surface area (Å²) in [5.41, 5.74) is 6.72. The van der Waals surface area contributed by atoms with Gasteiger partial charge in [-0.15, -0.1) is 0 Å². The van der Waals surface area contributed by atoms with Crippen LogP contribution in [0.15, 0.2) is 66.9 Å². The number of benzene rings is 2. The Bertz CT molecular complexity index is 1050. The number of hydrogen-bond donors (Lipinski definition) is 0. The van der Waals surface area contributed by atoms with Gasteiger partial charge in [0.25, 0.3) is 5.91 Å². The van der Waals surface area contributed by atoms with E-state index < -0.39 is 0 Å². The Kier molecular flexibility index (Phi) is 4.12. The van der Waals surface area contributed by atoms with Crippen LogP contribution in [0.5, 0.6) is 0 Å². The molecule has 5 rings (SSSR count). The van der Waals surface area contributed by atoms with Crippen molar-refractivity contribution in [3.63, 3.8) is 0 Å². The molecule has 1 unspecified atom stereocenters. The van der Waals surface area contributed by atoms with Crippen molar-refractivity contribution in [2.75, 3.05) is 11.4 Å². The van der Waals surface area contributed by atoms with Crippen LogP contribution < -0.4 is 4.90 Å². The molecule has 28 heavy (non-hydrogen) atoms. The number of rotatable bonds is 2. The van der Waals surface area contributed by atoms with Gasteiger partial charge in [0, 0.05) is 36.7 Å². The Labute approximate surface area is 165 Å². The lowest BCUT2D eigenvalue weighted by Gasteiger charge is -2.29. The molecule has 3 aromatic rings. The van der Waals surface area contributed by atoms with Crippen LogP contribution in [0.1, 0.15) is 34.1 Å². The second kappa shape index (κ2) is 6.79. The molecule has 2 aromatic carbocycles. The van der Waals surface area contributed by atoms with Gasteiger partial charge in [0.2, 0.25) is 0 Å². The summed E-state index contributed by atoms with van der Waals surface area (Å²) in [6.07, 6.45) is 3.68. The van der Waals surface area contributed by atoms with Crippen molar-refractivity contribution >= 4 is 17.3 Å². The molecule has 0 saturated heterocycles. The molecule has 1 atom stereocenters. The van der Waals surface area contributed by atoms with Crippen molar-refractivity contribution in [3.8, 4) is 0 Å². The Balaban J connectivity index is 1.43. The highest BCUT2D eigenvalue weighted by molar-refractivity contribution is 5.93. The topological polar surface area (TPSA) is 36.4 Å². The first-order chi connectivity index (χ1) is 13.7. The van der Waals surface area contributed by atoms with Crippen molar-refractivity contribution < 1.29 is 4.79 Å². The minimum Gasteiger partial charge on any atom is -0.338 e. The fourth-order valence-electron chi connectivity index (χ4n) is 4.48. The van der Waals surface area contributed by atoms with E-state index in [2.05, 4.69) is 59.3 Å². The number of fused-ring (bicyclic) bond motifs is 2. The lowest BCUT2D eigenvalue weighted by molar-refractivity contribution is 0.0729. The monoisotopic (exact) mass is 369 g/mol. The number of nitrogens with zero attached hydrogens (tertiary/aromatic N) is 3. The molecule has 2 aliphatic rings. The van der Waals surface area contributed by atoms with Crippen LogP contribution >= 0.6 is 0 Å². The zero-order chi connectivity index (χ0) is 19.1. The minimum absolute atomic E-state index is 0.0106. The van der Waals surface area contributed by atoms with Crippen LogP contribution in [0.2, 0.25) is 0 Å². The molecule has 0 fully saturated rings. The normalized spacial score (nSPS) is 18.0. The van der Waals surface area contributed by atoms with Crippen molar-refractivity contribution in [1.82, 2.24) is 9.88 Å². The maximum Gasteiger partial charge on any atom is 0.272 e. The van der Waals surface area contributed by atoms with Gasteiger partial charge >= 0.3 is 0 Å². The molecular formula is C24H23N3O. The number of pyridine rings is 1. The minimum atomic E-state index is 0.0106. The van der Waals surface area contributed by atoms with Gasteiger partial charge in [0.15, 0.2) is 0 Å². The van der Waals surface area contributed by atoms with E-state index in [4.69, 9.17) is 0 Å². The smallest absolute Gasteiger partial charge is 0.272 e.